The van der Waals surface area contributed by atoms with E-state index in [4.69, 9.17) is 9.57 Å². The molecule has 1 fully saturated rings. The number of amides is 1. The minimum atomic E-state index is -0.635. The summed E-state index contributed by atoms with van der Waals surface area (Å²) in [7, 11) is 0. The van der Waals surface area contributed by atoms with Crippen LogP contribution in [0.1, 0.15) is 31.2 Å². The molecule has 1 spiro atoms. The molecule has 1 aliphatic heterocycles. The minimum absolute atomic E-state index is 0.549. The van der Waals surface area contributed by atoms with Crippen LogP contribution in [0.15, 0.2) is 65.8 Å². The van der Waals surface area contributed by atoms with E-state index in [2.05, 4.69) is 10.6 Å². The molecule has 5 rings (SSSR count). The van der Waals surface area contributed by atoms with Crippen LogP contribution in [0.5, 0.6) is 5.06 Å². The van der Waals surface area contributed by atoms with Gasteiger partial charge in [-0.2, -0.15) is 0 Å². The maximum Gasteiger partial charge on any atom is 0.432 e. The number of oxime groups is 1. The zero-order chi connectivity index (χ0) is 19.0. The molecule has 2 aromatic carbocycles. The summed E-state index contributed by atoms with van der Waals surface area (Å²) in [6.45, 7) is 0. The molecule has 3 aromatic rings. The largest absolute Gasteiger partial charge is 0.432 e. The van der Waals surface area contributed by atoms with Gasteiger partial charge in [-0.3, -0.25) is 0 Å². The molecule has 1 aliphatic carbocycles. The Bertz CT molecular complexity index is 1010. The van der Waals surface area contributed by atoms with Gasteiger partial charge in [-0.1, -0.05) is 65.0 Å². The zero-order valence-corrected chi connectivity index (χ0v) is 15.9. The number of hydrazine groups is 1. The van der Waals surface area contributed by atoms with Gasteiger partial charge < -0.3 is 9.57 Å². The van der Waals surface area contributed by atoms with Crippen molar-refractivity contribution in [1.29, 1.82) is 0 Å². The number of nitrogens with zero attached hydrogens (tertiary/aromatic N) is 2. The maximum atomic E-state index is 12.7. The second-order valence-electron chi connectivity index (χ2n) is 6.97. The second-order valence-corrected chi connectivity index (χ2v) is 8.01. The number of carbonyl (C=O) groups excluding carboxylic acids is 1. The first-order valence-electron chi connectivity index (χ1n) is 9.32. The third-order valence-corrected chi connectivity index (χ3v) is 6.13. The number of carbonyl (C=O) groups is 1. The highest BCUT2D eigenvalue weighted by atomic mass is 32.1. The van der Waals surface area contributed by atoms with E-state index in [1.165, 1.54) is 11.3 Å². The third-order valence-electron chi connectivity index (χ3n) is 5.14. The van der Waals surface area contributed by atoms with Crippen molar-refractivity contribution < 1.29 is 14.4 Å². The molecule has 1 amide bonds. The van der Waals surface area contributed by atoms with Crippen LogP contribution in [0.3, 0.4) is 0 Å². The molecular weight excluding hydrogens is 374 g/mol. The Morgan fingerprint density at radius 2 is 1.86 bits per heavy atom. The normalized spacial score (nSPS) is 17.6. The van der Waals surface area contributed by atoms with E-state index in [1.807, 2.05) is 60.7 Å². The zero-order valence-electron chi connectivity index (χ0n) is 15.1. The average Bonchev–Trinajstić information content (AvgIpc) is 3.43. The predicted octanol–water partition coefficient (Wildman–Crippen LogP) is 4.87. The Kier molecular flexibility index (Phi) is 4.16. The van der Waals surface area contributed by atoms with Crippen LogP contribution in [-0.4, -0.2) is 22.7 Å². The molecule has 6 nitrogen and oxygen atoms in total. The van der Waals surface area contributed by atoms with Crippen molar-refractivity contribution in [1.82, 2.24) is 10.4 Å². The quantitative estimate of drug-likeness (QED) is 0.690. The van der Waals surface area contributed by atoms with E-state index in [0.29, 0.717) is 10.9 Å². The minimum Gasteiger partial charge on any atom is -0.398 e. The average molecular weight is 393 g/mol. The maximum absolute atomic E-state index is 12.7. The fourth-order valence-corrected chi connectivity index (χ4v) is 4.69. The van der Waals surface area contributed by atoms with E-state index >= 15 is 0 Å². The van der Waals surface area contributed by atoms with Crippen LogP contribution in [0, 0.1) is 0 Å². The van der Waals surface area contributed by atoms with Gasteiger partial charge in [-0.05, 0) is 24.3 Å². The highest BCUT2D eigenvalue weighted by Gasteiger charge is 2.50. The molecule has 1 aromatic heterocycles. The summed E-state index contributed by atoms with van der Waals surface area (Å²) in [5.41, 5.74) is 3.12. The summed E-state index contributed by atoms with van der Waals surface area (Å²) in [6.07, 6.45) is 3.11. The van der Waals surface area contributed by atoms with Crippen molar-refractivity contribution in [2.45, 2.75) is 31.4 Å². The summed E-state index contributed by atoms with van der Waals surface area (Å²) in [6, 6.07) is 19.5. The van der Waals surface area contributed by atoms with Crippen molar-refractivity contribution in [3.8, 4) is 5.06 Å². The van der Waals surface area contributed by atoms with Gasteiger partial charge in [0.1, 0.15) is 0 Å². The van der Waals surface area contributed by atoms with Crippen molar-refractivity contribution in [3.05, 3.63) is 66.2 Å². The number of benzene rings is 2. The van der Waals surface area contributed by atoms with Gasteiger partial charge in [0.05, 0.1) is 0 Å². The van der Waals surface area contributed by atoms with E-state index in [9.17, 15) is 4.79 Å². The van der Waals surface area contributed by atoms with Gasteiger partial charge >= 0.3 is 6.09 Å². The van der Waals surface area contributed by atoms with Crippen molar-refractivity contribution in [3.63, 3.8) is 0 Å². The highest BCUT2D eigenvalue weighted by molar-refractivity contribution is 7.20. The number of hydrogen-bond acceptors (Lipinski definition) is 6. The van der Waals surface area contributed by atoms with Gasteiger partial charge in [-0.25, -0.2) is 15.2 Å². The van der Waals surface area contributed by atoms with Crippen molar-refractivity contribution in [2.24, 2.45) is 5.16 Å². The third kappa shape index (κ3) is 2.97. The van der Waals surface area contributed by atoms with Crippen LogP contribution < -0.4 is 10.2 Å². The van der Waals surface area contributed by atoms with Gasteiger partial charge in [-0.15, -0.1) is 0 Å². The van der Waals surface area contributed by atoms with Gasteiger partial charge in [0.15, 0.2) is 10.9 Å². The molecular formula is C21H19N3O3S. The molecule has 2 aliphatic rings. The van der Waals surface area contributed by atoms with Crippen molar-refractivity contribution >= 4 is 33.4 Å². The fraction of sp³-hybridized carbons (Fsp3) is 0.238. The highest BCUT2D eigenvalue weighted by Crippen LogP contribution is 2.40. The topological polar surface area (TPSA) is 63.2 Å². The van der Waals surface area contributed by atoms with Crippen LogP contribution in [-0.2, 0) is 4.84 Å². The lowest BCUT2D eigenvalue weighted by atomic mass is 10.1. The van der Waals surface area contributed by atoms with Gasteiger partial charge in [0.25, 0.3) is 0 Å². The van der Waals surface area contributed by atoms with E-state index in [-0.39, 0.29) is 0 Å². The Morgan fingerprint density at radius 3 is 2.64 bits per heavy atom. The molecule has 0 radical (unpaired) electrons. The van der Waals surface area contributed by atoms with Crippen LogP contribution in [0.4, 0.5) is 4.79 Å². The van der Waals surface area contributed by atoms with Crippen molar-refractivity contribution in [2.75, 3.05) is 0 Å². The number of ether oxygens (including phenoxy) is 1. The van der Waals surface area contributed by atoms with Crippen LogP contribution in [0.25, 0.3) is 10.1 Å². The van der Waals surface area contributed by atoms with E-state index in [0.717, 1.165) is 41.3 Å². The Hall–Kier alpha value is -3.06. The first kappa shape index (κ1) is 17.1. The number of rotatable bonds is 3. The number of thiophene rings is 1. The summed E-state index contributed by atoms with van der Waals surface area (Å²) in [4.78, 5) is 18.5. The monoisotopic (exact) mass is 393 g/mol. The Balaban J connectivity index is 1.38. The molecule has 0 unspecified atom stereocenters. The number of fused-ring (bicyclic) bond motifs is 1. The lowest BCUT2D eigenvalue weighted by Crippen LogP contribution is -2.57. The standard InChI is InChI=1S/C21H19N3O3S/c25-20(26-18-14-16-10-4-5-11-17(16)28-18)22-24-19(15-8-2-1-3-9-15)23-27-21(24)12-6-7-13-21/h1-5,8-11,14H,6-7,12-13H2,(H,22,25). The number of hydrogen-bond donors (Lipinski definition) is 1. The summed E-state index contributed by atoms with van der Waals surface area (Å²) >= 11 is 1.44. The van der Waals surface area contributed by atoms with Crippen LogP contribution in [0.2, 0.25) is 0 Å². The summed E-state index contributed by atoms with van der Waals surface area (Å²) in [5.74, 6) is 0.593. The Labute approximate surface area is 166 Å². The SMILES string of the molecule is O=C(NN1C(c2ccccc2)=NOC12CCCC2)Oc1cc2ccccc2s1. The van der Waals surface area contributed by atoms with E-state index < -0.39 is 11.8 Å². The fourth-order valence-electron chi connectivity index (χ4n) is 3.78. The van der Waals surface area contributed by atoms with E-state index in [1.54, 1.807) is 5.01 Å². The first-order valence-corrected chi connectivity index (χ1v) is 10.1. The van der Waals surface area contributed by atoms with Gasteiger partial charge in [0.2, 0.25) is 5.72 Å². The molecule has 142 valence electrons. The Morgan fingerprint density at radius 1 is 1.11 bits per heavy atom. The predicted molar refractivity (Wildman–Crippen MR) is 108 cm³/mol. The molecule has 2 heterocycles. The van der Waals surface area contributed by atoms with Gasteiger partial charge in [0, 0.05) is 29.2 Å². The summed E-state index contributed by atoms with van der Waals surface area (Å²) in [5, 5.41) is 7.64. The molecule has 7 heteroatoms. The molecule has 1 N–H and O–H groups in total. The smallest absolute Gasteiger partial charge is 0.398 e. The number of amidine groups is 1. The lowest BCUT2D eigenvalue weighted by Gasteiger charge is -2.33. The molecule has 0 saturated heterocycles. The molecule has 28 heavy (non-hydrogen) atoms. The lowest BCUT2D eigenvalue weighted by molar-refractivity contribution is -0.106. The first-order chi connectivity index (χ1) is 13.7. The number of nitrogens with one attached hydrogen (secondary N) is 1. The molecule has 1 saturated carbocycles. The molecule has 0 bridgehead atoms. The molecule has 0 atom stereocenters. The summed E-state index contributed by atoms with van der Waals surface area (Å²) < 4.78 is 6.64. The van der Waals surface area contributed by atoms with Crippen LogP contribution >= 0.6 is 11.3 Å². The second kappa shape index (κ2) is 6.83.